The quantitative estimate of drug-likeness (QED) is 0.201. The van der Waals surface area contributed by atoms with Crippen molar-refractivity contribution < 1.29 is 23.5 Å². The number of carbonyl (C=O) groups excluding carboxylic acids is 3. The maximum atomic E-state index is 15.1. The predicted octanol–water partition coefficient (Wildman–Crippen LogP) is 7.20. The number of rotatable bonds is 7. The molecule has 1 amide bonds. The maximum absolute atomic E-state index is 15.1. The van der Waals surface area contributed by atoms with Gasteiger partial charge in [-0.1, -0.05) is 79.7 Å². The van der Waals surface area contributed by atoms with E-state index in [1.165, 1.54) is 0 Å². The molecule has 3 aliphatic rings. The lowest BCUT2D eigenvalue weighted by molar-refractivity contribution is -0.122. The minimum atomic E-state index is -1.44. The molecule has 0 radical (unpaired) electrons. The van der Waals surface area contributed by atoms with Crippen molar-refractivity contribution in [3.63, 3.8) is 0 Å². The van der Waals surface area contributed by atoms with Crippen molar-refractivity contribution in [2.24, 2.45) is 5.92 Å². The van der Waals surface area contributed by atoms with E-state index in [1.54, 1.807) is 30.3 Å². The number of Topliss-reactive ketones (excluding diaryl/α,β-unsaturated/α-hetero) is 2. The van der Waals surface area contributed by atoms with Crippen LogP contribution in [0.3, 0.4) is 0 Å². The summed E-state index contributed by atoms with van der Waals surface area (Å²) < 4.78 is 12.2. The van der Waals surface area contributed by atoms with E-state index in [9.17, 15) is 4.79 Å². The largest absolute Gasteiger partial charge is 0.493 e. The molecule has 0 bridgehead atoms. The Kier molecular flexibility index (Phi) is 6.24. The number of nitrogens with zero attached hydrogens (tertiary/aromatic N) is 1. The number of amides is 1. The third kappa shape index (κ3) is 3.86. The predicted molar refractivity (Wildman–Crippen MR) is 171 cm³/mol. The monoisotopic (exact) mass is 594 g/mol. The molecule has 1 fully saturated rings. The van der Waals surface area contributed by atoms with Crippen LogP contribution in [-0.2, 0) is 10.2 Å². The van der Waals surface area contributed by atoms with E-state index in [-0.39, 0.29) is 17.5 Å². The molecule has 0 aliphatic carbocycles. The molecule has 222 valence electrons. The first kappa shape index (κ1) is 27.1. The highest BCUT2D eigenvalue weighted by Crippen LogP contribution is 2.62. The minimum Gasteiger partial charge on any atom is -0.493 e. The van der Waals surface area contributed by atoms with Crippen LogP contribution in [0.5, 0.6) is 5.75 Å². The van der Waals surface area contributed by atoms with E-state index in [0.29, 0.717) is 34.8 Å². The zero-order chi connectivity index (χ0) is 30.7. The van der Waals surface area contributed by atoms with E-state index in [4.69, 9.17) is 9.15 Å². The number of hydrogen-bond donors (Lipinski definition) is 1. The molecule has 4 aromatic carbocycles. The van der Waals surface area contributed by atoms with Crippen LogP contribution in [0.4, 0.5) is 5.69 Å². The van der Waals surface area contributed by atoms with Crippen LogP contribution < -0.4 is 10.1 Å². The SMILES string of the molecule is CCCOc1ccccc1C(=O)[C@H]1[C@H](C(=O)c2cc3ccccc3o2)[C@]2(C(=O)Nc3ccccc32)[C@H]2c3ccccc3C=CN12. The van der Waals surface area contributed by atoms with Crippen LogP contribution >= 0.6 is 0 Å². The Morgan fingerprint density at radius 3 is 2.53 bits per heavy atom. The molecular weight excluding hydrogens is 564 g/mol. The first-order valence-electron chi connectivity index (χ1n) is 15.3. The van der Waals surface area contributed by atoms with Crippen molar-refractivity contribution >= 4 is 40.2 Å². The van der Waals surface area contributed by atoms with Gasteiger partial charge in [0.05, 0.1) is 24.1 Å². The van der Waals surface area contributed by atoms with Crippen molar-refractivity contribution in [1.29, 1.82) is 0 Å². The molecule has 1 spiro atoms. The topological polar surface area (TPSA) is 88.9 Å². The highest BCUT2D eigenvalue weighted by atomic mass is 16.5. The molecule has 1 aromatic heterocycles. The summed E-state index contributed by atoms with van der Waals surface area (Å²) >= 11 is 0. The van der Waals surface area contributed by atoms with Crippen LogP contribution in [0.15, 0.2) is 114 Å². The molecule has 4 heterocycles. The molecule has 1 N–H and O–H groups in total. The molecule has 4 atom stereocenters. The third-order valence-electron chi connectivity index (χ3n) is 9.40. The Balaban J connectivity index is 1.41. The Morgan fingerprint density at radius 2 is 1.67 bits per heavy atom. The van der Waals surface area contributed by atoms with E-state index in [2.05, 4.69) is 5.32 Å². The number of para-hydroxylation sites is 3. The summed E-state index contributed by atoms with van der Waals surface area (Å²) in [5, 5.41) is 3.86. The fourth-order valence-corrected chi connectivity index (χ4v) is 7.59. The van der Waals surface area contributed by atoms with Gasteiger partial charge in [0.1, 0.15) is 22.8 Å². The second-order valence-corrected chi connectivity index (χ2v) is 11.8. The van der Waals surface area contributed by atoms with Crippen LogP contribution in [0, 0.1) is 5.92 Å². The number of furan rings is 1. The summed E-state index contributed by atoms with van der Waals surface area (Å²) in [5.41, 5.74) is 2.63. The molecule has 45 heavy (non-hydrogen) atoms. The van der Waals surface area contributed by atoms with E-state index >= 15 is 9.59 Å². The number of ether oxygens (including phenoxy) is 1. The van der Waals surface area contributed by atoms with Crippen molar-refractivity contribution in [3.05, 3.63) is 137 Å². The number of carbonyl (C=O) groups is 3. The Hall–Kier alpha value is -5.43. The normalized spacial score (nSPS) is 22.6. The molecule has 8 rings (SSSR count). The maximum Gasteiger partial charge on any atom is 0.238 e. The summed E-state index contributed by atoms with van der Waals surface area (Å²) in [5.74, 6) is -1.57. The average molecular weight is 595 g/mol. The summed E-state index contributed by atoms with van der Waals surface area (Å²) in [6.45, 7) is 2.44. The molecule has 7 heteroatoms. The summed E-state index contributed by atoms with van der Waals surface area (Å²) in [4.78, 5) is 46.7. The lowest BCUT2D eigenvalue weighted by atomic mass is 9.63. The number of anilines is 1. The van der Waals surface area contributed by atoms with Crippen LogP contribution in [0.1, 0.15) is 57.0 Å². The van der Waals surface area contributed by atoms with Crippen LogP contribution in [0.25, 0.3) is 17.0 Å². The van der Waals surface area contributed by atoms with Gasteiger partial charge in [0.2, 0.25) is 11.7 Å². The lowest BCUT2D eigenvalue weighted by Crippen LogP contribution is -2.49. The van der Waals surface area contributed by atoms with Gasteiger partial charge in [-0.2, -0.15) is 0 Å². The van der Waals surface area contributed by atoms with Crippen molar-refractivity contribution in [3.8, 4) is 5.75 Å². The number of ketones is 2. The molecular formula is C38H30N2O5. The number of benzene rings is 4. The average Bonchev–Trinajstić information content (AvgIpc) is 3.74. The van der Waals surface area contributed by atoms with Gasteiger partial charge < -0.3 is 19.4 Å². The van der Waals surface area contributed by atoms with E-state index in [0.717, 1.165) is 22.9 Å². The van der Waals surface area contributed by atoms with Crippen molar-refractivity contribution in [2.45, 2.75) is 30.8 Å². The molecule has 7 nitrogen and oxygen atoms in total. The van der Waals surface area contributed by atoms with Gasteiger partial charge in [-0.25, -0.2) is 0 Å². The molecule has 0 saturated carbocycles. The van der Waals surface area contributed by atoms with Gasteiger partial charge in [0, 0.05) is 17.3 Å². The first-order valence-corrected chi connectivity index (χ1v) is 15.3. The van der Waals surface area contributed by atoms with Crippen molar-refractivity contribution in [1.82, 2.24) is 4.90 Å². The van der Waals surface area contributed by atoms with E-state index in [1.807, 2.05) is 96.9 Å². The number of fused-ring (bicyclic) bond motifs is 7. The van der Waals surface area contributed by atoms with E-state index < -0.39 is 29.2 Å². The number of nitrogens with one attached hydrogen (secondary N) is 1. The molecule has 0 unspecified atom stereocenters. The molecule has 3 aliphatic heterocycles. The van der Waals surface area contributed by atoms with Gasteiger partial charge in [-0.3, -0.25) is 14.4 Å². The van der Waals surface area contributed by atoms with Crippen LogP contribution in [-0.4, -0.2) is 35.0 Å². The second kappa shape index (κ2) is 10.3. The zero-order valence-corrected chi connectivity index (χ0v) is 24.6. The lowest BCUT2D eigenvalue weighted by Gasteiger charge is -2.38. The summed E-state index contributed by atoms with van der Waals surface area (Å²) in [6, 6.07) is 29.9. The Bertz CT molecular complexity index is 2010. The summed E-state index contributed by atoms with van der Waals surface area (Å²) in [7, 11) is 0. The smallest absolute Gasteiger partial charge is 0.238 e. The van der Waals surface area contributed by atoms with Crippen LogP contribution in [0.2, 0.25) is 0 Å². The third-order valence-corrected chi connectivity index (χ3v) is 9.40. The second-order valence-electron chi connectivity index (χ2n) is 11.8. The van der Waals surface area contributed by atoms with Gasteiger partial charge in [0.25, 0.3) is 0 Å². The highest BCUT2D eigenvalue weighted by molar-refractivity contribution is 6.17. The fraction of sp³-hybridized carbons (Fsp3) is 0.184. The van der Waals surface area contributed by atoms with Gasteiger partial charge >= 0.3 is 0 Å². The van der Waals surface area contributed by atoms with Gasteiger partial charge in [-0.15, -0.1) is 0 Å². The standard InChI is InChI=1S/C38H30N2O5/c1-2-21-44-30-18-10-6-14-26(30)34(41)33-32(35(42)31-22-24-12-4-9-17-29(24)45-31)38(27-15-7-8-16-28(27)39-37(38)43)36-25-13-5-3-11-23(25)19-20-40(33)36/h3-20,22,32-33,36H,2,21H2,1H3,(H,39,43)/t32-,33-,36-,38+/m1/s1. The highest BCUT2D eigenvalue weighted by Gasteiger charge is 2.71. The number of hydrogen-bond acceptors (Lipinski definition) is 6. The molecule has 5 aromatic rings. The minimum absolute atomic E-state index is 0.114. The molecule has 1 saturated heterocycles. The Labute approximate surface area is 260 Å². The fourth-order valence-electron chi connectivity index (χ4n) is 7.59. The summed E-state index contributed by atoms with van der Waals surface area (Å²) in [6.07, 6.45) is 4.59. The van der Waals surface area contributed by atoms with Gasteiger partial charge in [-0.05, 0) is 59.5 Å². The van der Waals surface area contributed by atoms with Crippen molar-refractivity contribution in [2.75, 3.05) is 11.9 Å². The Morgan fingerprint density at radius 1 is 0.911 bits per heavy atom. The van der Waals surface area contributed by atoms with Gasteiger partial charge in [0.15, 0.2) is 11.5 Å². The zero-order valence-electron chi connectivity index (χ0n) is 24.6. The first-order chi connectivity index (χ1) is 22.0.